The number of aromatic nitrogens is 2. The predicted octanol–water partition coefficient (Wildman–Crippen LogP) is 2.77. The van der Waals surface area contributed by atoms with Crippen LogP contribution in [0.5, 0.6) is 0 Å². The fourth-order valence-electron chi connectivity index (χ4n) is 1.82. The quantitative estimate of drug-likeness (QED) is 0.866. The Kier molecular flexibility index (Phi) is 3.85. The first kappa shape index (κ1) is 13.1. The van der Waals surface area contributed by atoms with E-state index in [4.69, 9.17) is 5.11 Å². The molecule has 1 aromatic carbocycles. The molecule has 2 aromatic rings. The molecule has 5 heteroatoms. The Morgan fingerprint density at radius 1 is 1.42 bits per heavy atom. The maximum atomic E-state index is 10.8. The summed E-state index contributed by atoms with van der Waals surface area (Å²) in [6, 6.07) is 6.84. The molecule has 0 saturated heterocycles. The standard InChI is InChI=1S/C14H17N3O2/c1-3-17-9-12(8-15-17)10(2)16-13-6-4-11(5-7-13)14(18)19/h4-10,16H,3H2,1-2H3,(H,18,19). The molecule has 5 nitrogen and oxygen atoms in total. The Bertz CT molecular complexity index is 560. The van der Waals surface area contributed by atoms with Crippen molar-refractivity contribution in [2.75, 3.05) is 5.32 Å². The van der Waals surface area contributed by atoms with Gasteiger partial charge in [-0.3, -0.25) is 4.68 Å². The molecule has 1 heterocycles. The van der Waals surface area contributed by atoms with Crippen LogP contribution in [0.15, 0.2) is 36.7 Å². The van der Waals surface area contributed by atoms with Gasteiger partial charge in [-0.1, -0.05) is 0 Å². The van der Waals surface area contributed by atoms with Crippen LogP contribution in [0.3, 0.4) is 0 Å². The van der Waals surface area contributed by atoms with E-state index in [-0.39, 0.29) is 11.6 Å². The zero-order chi connectivity index (χ0) is 13.8. The fraction of sp³-hybridized carbons (Fsp3) is 0.286. The van der Waals surface area contributed by atoms with Gasteiger partial charge in [0.2, 0.25) is 0 Å². The maximum Gasteiger partial charge on any atom is 0.335 e. The number of carbonyl (C=O) groups is 1. The summed E-state index contributed by atoms with van der Waals surface area (Å²) in [7, 11) is 0. The summed E-state index contributed by atoms with van der Waals surface area (Å²) in [6.07, 6.45) is 3.84. The molecule has 1 atom stereocenters. The lowest BCUT2D eigenvalue weighted by molar-refractivity contribution is 0.0697. The first-order valence-corrected chi connectivity index (χ1v) is 6.22. The average molecular weight is 259 g/mol. The summed E-state index contributed by atoms with van der Waals surface area (Å²) >= 11 is 0. The second-order valence-electron chi connectivity index (χ2n) is 4.38. The number of hydrogen-bond donors (Lipinski definition) is 2. The van der Waals surface area contributed by atoms with Gasteiger partial charge in [0.1, 0.15) is 0 Å². The third kappa shape index (κ3) is 3.13. The molecule has 0 fully saturated rings. The molecule has 100 valence electrons. The highest BCUT2D eigenvalue weighted by atomic mass is 16.4. The van der Waals surface area contributed by atoms with E-state index in [9.17, 15) is 4.79 Å². The minimum absolute atomic E-state index is 0.121. The van der Waals surface area contributed by atoms with Crippen molar-refractivity contribution in [2.45, 2.75) is 26.4 Å². The van der Waals surface area contributed by atoms with Gasteiger partial charge >= 0.3 is 5.97 Å². The zero-order valence-electron chi connectivity index (χ0n) is 11.0. The molecule has 0 aliphatic rings. The van der Waals surface area contributed by atoms with Gasteiger partial charge in [0, 0.05) is 24.0 Å². The summed E-state index contributed by atoms with van der Waals surface area (Å²) in [4.78, 5) is 10.8. The van der Waals surface area contributed by atoms with E-state index in [1.807, 2.05) is 30.9 Å². The second-order valence-corrected chi connectivity index (χ2v) is 4.38. The molecule has 1 aromatic heterocycles. The molecule has 2 rings (SSSR count). The molecule has 19 heavy (non-hydrogen) atoms. The molecular weight excluding hydrogens is 242 g/mol. The van der Waals surface area contributed by atoms with E-state index in [1.165, 1.54) is 0 Å². The molecule has 0 saturated carbocycles. The predicted molar refractivity (Wildman–Crippen MR) is 73.3 cm³/mol. The van der Waals surface area contributed by atoms with E-state index in [0.29, 0.717) is 0 Å². The Hall–Kier alpha value is -2.30. The monoisotopic (exact) mass is 259 g/mol. The molecule has 2 N–H and O–H groups in total. The van der Waals surface area contributed by atoms with Crippen LogP contribution < -0.4 is 5.32 Å². The SMILES string of the molecule is CCn1cc(C(C)Nc2ccc(C(=O)O)cc2)cn1. The number of nitrogens with zero attached hydrogens (tertiary/aromatic N) is 2. The normalized spacial score (nSPS) is 12.1. The van der Waals surface area contributed by atoms with Crippen LogP contribution in [0.1, 0.15) is 35.8 Å². The van der Waals surface area contributed by atoms with Crippen molar-refractivity contribution in [3.05, 3.63) is 47.8 Å². The molecule has 0 bridgehead atoms. The van der Waals surface area contributed by atoms with Gasteiger partial charge in [0.15, 0.2) is 0 Å². The molecule has 1 unspecified atom stereocenters. The summed E-state index contributed by atoms with van der Waals surface area (Å²) in [5.41, 5.74) is 2.28. The van der Waals surface area contributed by atoms with Crippen molar-refractivity contribution in [3.8, 4) is 0 Å². The summed E-state index contributed by atoms with van der Waals surface area (Å²) in [5.74, 6) is -0.913. The largest absolute Gasteiger partial charge is 0.478 e. The van der Waals surface area contributed by atoms with Gasteiger partial charge in [-0.2, -0.15) is 5.10 Å². The van der Waals surface area contributed by atoms with Crippen LogP contribution in [0.2, 0.25) is 0 Å². The Morgan fingerprint density at radius 3 is 2.63 bits per heavy atom. The van der Waals surface area contributed by atoms with Gasteiger partial charge in [-0.05, 0) is 38.1 Å². The number of anilines is 1. The van der Waals surface area contributed by atoms with Gasteiger partial charge in [0.25, 0.3) is 0 Å². The maximum absolute atomic E-state index is 10.8. The summed E-state index contributed by atoms with van der Waals surface area (Å²) in [5, 5.41) is 16.4. The molecule has 0 aliphatic carbocycles. The van der Waals surface area contributed by atoms with E-state index < -0.39 is 5.97 Å². The minimum Gasteiger partial charge on any atom is -0.478 e. The smallest absolute Gasteiger partial charge is 0.335 e. The Labute approximate surface area is 111 Å². The second kappa shape index (κ2) is 5.56. The van der Waals surface area contributed by atoms with Gasteiger partial charge in [-0.25, -0.2) is 4.79 Å². The lowest BCUT2D eigenvalue weighted by Gasteiger charge is -2.13. The van der Waals surface area contributed by atoms with E-state index in [1.54, 1.807) is 24.3 Å². The van der Waals surface area contributed by atoms with E-state index in [2.05, 4.69) is 10.4 Å². The van der Waals surface area contributed by atoms with E-state index in [0.717, 1.165) is 17.8 Å². The van der Waals surface area contributed by atoms with Crippen LogP contribution in [0, 0.1) is 0 Å². The summed E-state index contributed by atoms with van der Waals surface area (Å²) in [6.45, 7) is 4.93. The molecule has 0 aliphatic heterocycles. The number of aryl methyl sites for hydroxylation is 1. The van der Waals surface area contributed by atoms with Gasteiger partial charge in [0.05, 0.1) is 17.8 Å². The van der Waals surface area contributed by atoms with Crippen molar-refractivity contribution in [2.24, 2.45) is 0 Å². The highest BCUT2D eigenvalue weighted by molar-refractivity contribution is 5.88. The van der Waals surface area contributed by atoms with Crippen molar-refractivity contribution >= 4 is 11.7 Å². The third-order valence-corrected chi connectivity index (χ3v) is 2.99. The van der Waals surface area contributed by atoms with Crippen LogP contribution >= 0.6 is 0 Å². The Balaban J connectivity index is 2.05. The number of nitrogens with one attached hydrogen (secondary N) is 1. The van der Waals surface area contributed by atoms with Gasteiger partial charge in [-0.15, -0.1) is 0 Å². The van der Waals surface area contributed by atoms with E-state index >= 15 is 0 Å². The fourth-order valence-corrected chi connectivity index (χ4v) is 1.82. The lowest BCUT2D eigenvalue weighted by Crippen LogP contribution is -2.06. The van der Waals surface area contributed by atoms with Crippen LogP contribution in [-0.2, 0) is 6.54 Å². The molecule has 0 amide bonds. The van der Waals surface area contributed by atoms with Crippen molar-refractivity contribution in [3.63, 3.8) is 0 Å². The highest BCUT2D eigenvalue weighted by Crippen LogP contribution is 2.19. The van der Waals surface area contributed by atoms with Crippen molar-refractivity contribution in [1.29, 1.82) is 0 Å². The minimum atomic E-state index is -0.913. The number of carboxylic acid groups (broad SMARTS) is 1. The third-order valence-electron chi connectivity index (χ3n) is 2.99. The van der Waals surface area contributed by atoms with Crippen LogP contribution in [0.25, 0.3) is 0 Å². The average Bonchev–Trinajstić information content (AvgIpc) is 2.88. The molecule has 0 radical (unpaired) electrons. The first-order chi connectivity index (χ1) is 9.10. The molecular formula is C14H17N3O2. The van der Waals surface area contributed by atoms with Crippen molar-refractivity contribution < 1.29 is 9.90 Å². The number of aromatic carboxylic acids is 1. The number of rotatable bonds is 5. The van der Waals surface area contributed by atoms with Gasteiger partial charge < -0.3 is 10.4 Å². The first-order valence-electron chi connectivity index (χ1n) is 6.22. The zero-order valence-corrected chi connectivity index (χ0v) is 11.0. The molecule has 0 spiro atoms. The number of hydrogen-bond acceptors (Lipinski definition) is 3. The highest BCUT2D eigenvalue weighted by Gasteiger charge is 2.08. The number of benzene rings is 1. The van der Waals surface area contributed by atoms with Crippen LogP contribution in [0.4, 0.5) is 5.69 Å². The van der Waals surface area contributed by atoms with Crippen LogP contribution in [-0.4, -0.2) is 20.9 Å². The lowest BCUT2D eigenvalue weighted by atomic mass is 10.1. The Morgan fingerprint density at radius 2 is 2.11 bits per heavy atom. The topological polar surface area (TPSA) is 67.2 Å². The van der Waals surface area contributed by atoms with Crippen molar-refractivity contribution in [1.82, 2.24) is 9.78 Å². The summed E-state index contributed by atoms with van der Waals surface area (Å²) < 4.78 is 1.88. The number of carboxylic acids is 1.